The minimum Gasteiger partial charge on any atom is -0.352 e. The highest BCUT2D eigenvalue weighted by atomic mass is 32.2. The average Bonchev–Trinajstić information content (AvgIpc) is 3.02. The Hall–Kier alpha value is -2.31. The van der Waals surface area contributed by atoms with E-state index >= 15 is 0 Å². The molecule has 0 saturated carbocycles. The molecular formula is C19H22N4OS. The zero-order chi connectivity index (χ0) is 17.6. The Morgan fingerprint density at radius 2 is 2.00 bits per heavy atom. The molecule has 4 N–H and O–H groups in total. The van der Waals surface area contributed by atoms with E-state index in [1.165, 1.54) is 0 Å². The standard InChI is InChI=1S/C19H22N4OS/c1-13(20)10-11-21-18(24)15-7-3-2-6-14(15)12-25-19-22-16-8-4-5-9-17(16)23-19/h2-9,13H,10-12,20H2,1H3,(H,21,24)(H,22,23). The number of carbonyl (C=O) groups is 1. The number of aromatic amines is 1. The zero-order valence-corrected chi connectivity index (χ0v) is 15.0. The maximum atomic E-state index is 12.4. The third-order valence-corrected chi connectivity index (χ3v) is 4.80. The number of rotatable bonds is 7. The molecule has 0 fully saturated rings. The van der Waals surface area contributed by atoms with Gasteiger partial charge in [0.25, 0.3) is 5.91 Å². The number of nitrogens with two attached hydrogens (primary N) is 1. The van der Waals surface area contributed by atoms with Crippen molar-refractivity contribution in [2.45, 2.75) is 30.3 Å². The largest absolute Gasteiger partial charge is 0.352 e. The second kappa shape index (κ2) is 8.18. The predicted molar refractivity (Wildman–Crippen MR) is 103 cm³/mol. The number of H-pyrrole nitrogens is 1. The van der Waals surface area contributed by atoms with Crippen molar-refractivity contribution in [2.75, 3.05) is 6.54 Å². The molecule has 0 saturated heterocycles. The van der Waals surface area contributed by atoms with Crippen molar-refractivity contribution in [3.05, 3.63) is 59.7 Å². The van der Waals surface area contributed by atoms with Crippen LogP contribution in [-0.2, 0) is 5.75 Å². The monoisotopic (exact) mass is 354 g/mol. The lowest BCUT2D eigenvalue weighted by Crippen LogP contribution is -2.29. The molecule has 6 heteroatoms. The van der Waals surface area contributed by atoms with E-state index in [0.717, 1.165) is 28.2 Å². The highest BCUT2D eigenvalue weighted by Gasteiger charge is 2.12. The van der Waals surface area contributed by atoms with Gasteiger partial charge in [0.05, 0.1) is 11.0 Å². The number of imidazole rings is 1. The van der Waals surface area contributed by atoms with Crippen LogP contribution >= 0.6 is 11.8 Å². The third kappa shape index (κ3) is 4.61. The fourth-order valence-electron chi connectivity index (χ4n) is 2.52. The Labute approximate surface area is 151 Å². The molecular weight excluding hydrogens is 332 g/mol. The van der Waals surface area contributed by atoms with Crippen molar-refractivity contribution in [3.63, 3.8) is 0 Å². The summed E-state index contributed by atoms with van der Waals surface area (Å²) in [7, 11) is 0. The smallest absolute Gasteiger partial charge is 0.251 e. The Kier molecular flexibility index (Phi) is 5.73. The number of para-hydroxylation sites is 2. The van der Waals surface area contributed by atoms with Crippen molar-refractivity contribution in [1.29, 1.82) is 0 Å². The Balaban J connectivity index is 1.67. The second-order valence-corrected chi connectivity index (χ2v) is 6.99. The van der Waals surface area contributed by atoms with Gasteiger partial charge in [-0.2, -0.15) is 0 Å². The lowest BCUT2D eigenvalue weighted by Gasteiger charge is -2.10. The van der Waals surface area contributed by atoms with E-state index < -0.39 is 0 Å². The van der Waals surface area contributed by atoms with Crippen molar-refractivity contribution in [3.8, 4) is 0 Å². The van der Waals surface area contributed by atoms with E-state index in [0.29, 0.717) is 17.9 Å². The topological polar surface area (TPSA) is 83.8 Å². The molecule has 25 heavy (non-hydrogen) atoms. The van der Waals surface area contributed by atoms with Crippen molar-refractivity contribution < 1.29 is 4.79 Å². The molecule has 1 heterocycles. The summed E-state index contributed by atoms with van der Waals surface area (Å²) in [5.41, 5.74) is 9.39. The van der Waals surface area contributed by atoms with Crippen LogP contribution in [0.5, 0.6) is 0 Å². The van der Waals surface area contributed by atoms with Crippen LogP contribution in [0.1, 0.15) is 29.3 Å². The molecule has 1 unspecified atom stereocenters. The summed E-state index contributed by atoms with van der Waals surface area (Å²) < 4.78 is 0. The van der Waals surface area contributed by atoms with Crippen LogP contribution in [0.4, 0.5) is 0 Å². The van der Waals surface area contributed by atoms with E-state index in [1.54, 1.807) is 11.8 Å². The fourth-order valence-corrected chi connectivity index (χ4v) is 3.41. The van der Waals surface area contributed by atoms with Crippen LogP contribution in [0.2, 0.25) is 0 Å². The quantitative estimate of drug-likeness (QED) is 0.568. The van der Waals surface area contributed by atoms with Crippen LogP contribution in [0.25, 0.3) is 11.0 Å². The van der Waals surface area contributed by atoms with Gasteiger partial charge in [0, 0.05) is 23.9 Å². The number of aromatic nitrogens is 2. The zero-order valence-electron chi connectivity index (χ0n) is 14.2. The van der Waals surface area contributed by atoms with Gasteiger partial charge in [-0.3, -0.25) is 4.79 Å². The third-order valence-electron chi connectivity index (χ3n) is 3.88. The summed E-state index contributed by atoms with van der Waals surface area (Å²) in [6, 6.07) is 15.7. The van der Waals surface area contributed by atoms with Crippen LogP contribution < -0.4 is 11.1 Å². The molecule has 0 aliphatic heterocycles. The summed E-state index contributed by atoms with van der Waals surface area (Å²) in [5, 5.41) is 3.79. The number of carbonyl (C=O) groups excluding carboxylic acids is 1. The Bertz CT molecular complexity index is 826. The van der Waals surface area contributed by atoms with E-state index in [2.05, 4.69) is 15.3 Å². The Morgan fingerprint density at radius 1 is 1.24 bits per heavy atom. The molecule has 0 bridgehead atoms. The Morgan fingerprint density at radius 3 is 2.80 bits per heavy atom. The second-order valence-electron chi connectivity index (χ2n) is 6.03. The molecule has 130 valence electrons. The number of fused-ring (bicyclic) bond motifs is 1. The fraction of sp³-hybridized carbons (Fsp3) is 0.263. The average molecular weight is 354 g/mol. The number of benzene rings is 2. The highest BCUT2D eigenvalue weighted by molar-refractivity contribution is 7.98. The first-order valence-corrected chi connectivity index (χ1v) is 9.31. The van der Waals surface area contributed by atoms with Gasteiger partial charge >= 0.3 is 0 Å². The van der Waals surface area contributed by atoms with Crippen LogP contribution in [-0.4, -0.2) is 28.5 Å². The SMILES string of the molecule is CC(N)CCNC(=O)c1ccccc1CSc1nc2ccccc2[nH]1. The molecule has 1 atom stereocenters. The van der Waals surface area contributed by atoms with E-state index in [4.69, 9.17) is 5.73 Å². The number of hydrogen-bond acceptors (Lipinski definition) is 4. The first kappa shape index (κ1) is 17.5. The van der Waals surface area contributed by atoms with Crippen molar-refractivity contribution >= 4 is 28.7 Å². The molecule has 0 aliphatic carbocycles. The normalized spacial score (nSPS) is 12.2. The number of amides is 1. The molecule has 0 aliphatic rings. The summed E-state index contributed by atoms with van der Waals surface area (Å²) in [4.78, 5) is 20.3. The molecule has 1 aromatic heterocycles. The lowest BCUT2D eigenvalue weighted by molar-refractivity contribution is 0.0952. The molecule has 0 radical (unpaired) electrons. The van der Waals surface area contributed by atoms with Gasteiger partial charge in [0.1, 0.15) is 0 Å². The molecule has 3 aromatic rings. The van der Waals surface area contributed by atoms with Gasteiger partial charge < -0.3 is 16.0 Å². The van der Waals surface area contributed by atoms with Crippen LogP contribution in [0.15, 0.2) is 53.7 Å². The molecule has 5 nitrogen and oxygen atoms in total. The number of nitrogens with zero attached hydrogens (tertiary/aromatic N) is 1. The summed E-state index contributed by atoms with van der Waals surface area (Å²) in [6.07, 6.45) is 0.766. The number of nitrogens with one attached hydrogen (secondary N) is 2. The first-order valence-electron chi connectivity index (χ1n) is 8.32. The first-order chi connectivity index (χ1) is 12.1. The predicted octanol–water partition coefficient (Wildman–Crippen LogP) is 3.32. The maximum Gasteiger partial charge on any atom is 0.251 e. The minimum atomic E-state index is -0.0542. The summed E-state index contributed by atoms with van der Waals surface area (Å²) in [6.45, 7) is 2.52. The van der Waals surface area contributed by atoms with Gasteiger partial charge in [-0.1, -0.05) is 42.1 Å². The van der Waals surface area contributed by atoms with Crippen molar-refractivity contribution in [1.82, 2.24) is 15.3 Å². The number of thioether (sulfide) groups is 1. The molecule has 3 rings (SSSR count). The van der Waals surface area contributed by atoms with Gasteiger partial charge in [-0.05, 0) is 37.1 Å². The highest BCUT2D eigenvalue weighted by Crippen LogP contribution is 2.24. The molecule has 1 amide bonds. The van der Waals surface area contributed by atoms with E-state index in [9.17, 15) is 4.79 Å². The van der Waals surface area contributed by atoms with E-state index in [-0.39, 0.29) is 11.9 Å². The summed E-state index contributed by atoms with van der Waals surface area (Å²) >= 11 is 1.59. The molecule has 2 aromatic carbocycles. The van der Waals surface area contributed by atoms with Crippen LogP contribution in [0.3, 0.4) is 0 Å². The van der Waals surface area contributed by atoms with Gasteiger partial charge in [-0.15, -0.1) is 0 Å². The number of hydrogen-bond donors (Lipinski definition) is 3. The van der Waals surface area contributed by atoms with Gasteiger partial charge in [0.2, 0.25) is 0 Å². The minimum absolute atomic E-state index is 0.0542. The maximum absolute atomic E-state index is 12.4. The van der Waals surface area contributed by atoms with Crippen LogP contribution in [0, 0.1) is 0 Å². The van der Waals surface area contributed by atoms with Gasteiger partial charge in [0.15, 0.2) is 5.16 Å². The van der Waals surface area contributed by atoms with E-state index in [1.807, 2.05) is 55.5 Å². The van der Waals surface area contributed by atoms with Gasteiger partial charge in [-0.25, -0.2) is 4.98 Å². The lowest BCUT2D eigenvalue weighted by atomic mass is 10.1. The molecule has 0 spiro atoms. The summed E-state index contributed by atoms with van der Waals surface area (Å²) in [5.74, 6) is 0.623. The van der Waals surface area contributed by atoms with Crippen molar-refractivity contribution in [2.24, 2.45) is 5.73 Å².